The SMILES string of the molecule is CC(C)(C)c1ccc(C(=O)c2ccccc2C=S)cc1. The van der Waals surface area contributed by atoms with Gasteiger partial charge in [-0.05, 0) is 16.5 Å². The van der Waals surface area contributed by atoms with Crippen molar-refractivity contribution in [2.24, 2.45) is 0 Å². The van der Waals surface area contributed by atoms with Crippen LogP contribution in [0.4, 0.5) is 0 Å². The number of carbonyl (C=O) groups excluding carboxylic acids is 1. The zero-order chi connectivity index (χ0) is 14.8. The predicted octanol–water partition coefficient (Wildman–Crippen LogP) is 4.56. The fourth-order valence-electron chi connectivity index (χ4n) is 2.08. The molecule has 0 saturated carbocycles. The van der Waals surface area contributed by atoms with Crippen molar-refractivity contribution in [3.8, 4) is 0 Å². The zero-order valence-corrected chi connectivity index (χ0v) is 12.8. The molecule has 0 heterocycles. The van der Waals surface area contributed by atoms with Crippen LogP contribution in [0.3, 0.4) is 0 Å². The van der Waals surface area contributed by atoms with Gasteiger partial charge in [0.05, 0.1) is 0 Å². The van der Waals surface area contributed by atoms with E-state index in [9.17, 15) is 4.79 Å². The average molecular weight is 282 g/mol. The van der Waals surface area contributed by atoms with Crippen LogP contribution in [0.2, 0.25) is 0 Å². The Bertz CT molecular complexity index is 633. The van der Waals surface area contributed by atoms with Gasteiger partial charge in [-0.15, -0.1) is 0 Å². The summed E-state index contributed by atoms with van der Waals surface area (Å²) in [6.07, 6.45) is 0. The van der Waals surface area contributed by atoms with Gasteiger partial charge in [0.1, 0.15) is 0 Å². The van der Waals surface area contributed by atoms with Gasteiger partial charge in [0.15, 0.2) is 5.78 Å². The molecular weight excluding hydrogens is 264 g/mol. The third-order valence-corrected chi connectivity index (χ3v) is 3.60. The molecule has 0 spiro atoms. The lowest BCUT2D eigenvalue weighted by molar-refractivity contribution is 0.103. The van der Waals surface area contributed by atoms with Gasteiger partial charge in [-0.1, -0.05) is 81.5 Å². The number of carbonyl (C=O) groups is 1. The van der Waals surface area contributed by atoms with Crippen molar-refractivity contribution in [1.82, 2.24) is 0 Å². The lowest BCUT2D eigenvalue weighted by Crippen LogP contribution is -2.11. The van der Waals surface area contributed by atoms with Gasteiger partial charge in [-0.3, -0.25) is 4.79 Å². The summed E-state index contributed by atoms with van der Waals surface area (Å²) in [6.45, 7) is 6.47. The summed E-state index contributed by atoms with van der Waals surface area (Å²) in [5, 5.41) is 1.55. The number of rotatable bonds is 3. The van der Waals surface area contributed by atoms with Crippen LogP contribution in [0.1, 0.15) is 47.8 Å². The molecule has 0 saturated heterocycles. The second-order valence-electron chi connectivity index (χ2n) is 5.86. The Morgan fingerprint density at radius 2 is 1.60 bits per heavy atom. The van der Waals surface area contributed by atoms with Crippen LogP contribution < -0.4 is 0 Å². The van der Waals surface area contributed by atoms with Crippen molar-refractivity contribution in [3.63, 3.8) is 0 Å². The molecule has 0 aliphatic heterocycles. The third kappa shape index (κ3) is 3.02. The summed E-state index contributed by atoms with van der Waals surface area (Å²) in [4.78, 5) is 12.5. The maximum atomic E-state index is 12.5. The molecule has 0 aliphatic carbocycles. The molecule has 0 unspecified atom stereocenters. The molecule has 0 N–H and O–H groups in total. The molecule has 2 rings (SSSR count). The van der Waals surface area contributed by atoms with Crippen molar-refractivity contribution in [3.05, 3.63) is 70.8 Å². The van der Waals surface area contributed by atoms with E-state index in [4.69, 9.17) is 12.2 Å². The van der Waals surface area contributed by atoms with E-state index in [1.54, 1.807) is 5.37 Å². The topological polar surface area (TPSA) is 17.1 Å². The lowest BCUT2D eigenvalue weighted by atomic mass is 9.86. The molecule has 0 aromatic heterocycles. The summed E-state index contributed by atoms with van der Waals surface area (Å²) < 4.78 is 0. The molecule has 0 bridgehead atoms. The van der Waals surface area contributed by atoms with E-state index in [1.807, 2.05) is 48.5 Å². The fourth-order valence-corrected chi connectivity index (χ4v) is 2.29. The Hall–Kier alpha value is -1.80. The van der Waals surface area contributed by atoms with E-state index in [2.05, 4.69) is 20.8 Å². The Balaban J connectivity index is 2.37. The van der Waals surface area contributed by atoms with Gasteiger partial charge in [0.2, 0.25) is 0 Å². The monoisotopic (exact) mass is 282 g/mol. The fraction of sp³-hybridized carbons (Fsp3) is 0.222. The Kier molecular flexibility index (Phi) is 4.15. The molecule has 0 amide bonds. The van der Waals surface area contributed by atoms with Crippen LogP contribution in [-0.4, -0.2) is 11.2 Å². The Morgan fingerprint density at radius 1 is 1.00 bits per heavy atom. The third-order valence-electron chi connectivity index (χ3n) is 3.35. The van der Waals surface area contributed by atoms with Gasteiger partial charge in [-0.2, -0.15) is 0 Å². The number of hydrogen-bond acceptors (Lipinski definition) is 2. The highest BCUT2D eigenvalue weighted by Crippen LogP contribution is 2.23. The molecule has 2 aromatic carbocycles. The minimum absolute atomic E-state index is 0.0159. The van der Waals surface area contributed by atoms with E-state index in [0.717, 1.165) is 5.56 Å². The Labute approximate surface area is 125 Å². The first-order valence-corrected chi connectivity index (χ1v) is 7.10. The van der Waals surface area contributed by atoms with Crippen molar-refractivity contribution in [2.75, 3.05) is 0 Å². The van der Waals surface area contributed by atoms with Crippen molar-refractivity contribution < 1.29 is 4.79 Å². The predicted molar refractivity (Wildman–Crippen MR) is 87.8 cm³/mol. The minimum Gasteiger partial charge on any atom is -0.289 e. The minimum atomic E-state index is 0.0159. The van der Waals surface area contributed by atoms with Crippen LogP contribution in [0, 0.1) is 0 Å². The van der Waals surface area contributed by atoms with Crippen molar-refractivity contribution in [1.29, 1.82) is 0 Å². The summed E-state index contributed by atoms with van der Waals surface area (Å²) >= 11 is 4.97. The Morgan fingerprint density at radius 3 is 2.15 bits per heavy atom. The molecular formula is C18H18OS. The van der Waals surface area contributed by atoms with Gasteiger partial charge in [-0.25, -0.2) is 0 Å². The number of hydrogen-bond donors (Lipinski definition) is 0. The second kappa shape index (κ2) is 5.68. The second-order valence-corrected chi connectivity index (χ2v) is 6.10. The first kappa shape index (κ1) is 14.6. The maximum absolute atomic E-state index is 12.5. The van der Waals surface area contributed by atoms with Gasteiger partial charge in [0, 0.05) is 16.5 Å². The standard InChI is InChI=1S/C18H18OS/c1-18(2,3)15-10-8-13(9-11-15)17(19)16-7-5-4-6-14(16)12-20/h4-12H,1-3H3. The highest BCUT2D eigenvalue weighted by Gasteiger charge is 2.16. The molecule has 102 valence electrons. The number of benzene rings is 2. The van der Waals surface area contributed by atoms with Crippen LogP contribution in [0.15, 0.2) is 48.5 Å². The summed E-state index contributed by atoms with van der Waals surface area (Å²) in [6, 6.07) is 15.3. The molecule has 20 heavy (non-hydrogen) atoms. The van der Waals surface area contributed by atoms with E-state index in [1.165, 1.54) is 5.56 Å². The zero-order valence-electron chi connectivity index (χ0n) is 12.0. The van der Waals surface area contributed by atoms with Crippen LogP contribution in [0.5, 0.6) is 0 Å². The highest BCUT2D eigenvalue weighted by molar-refractivity contribution is 7.79. The van der Waals surface area contributed by atoms with Crippen molar-refractivity contribution >= 4 is 23.4 Å². The number of thiocarbonyl (C=S) groups is 1. The molecule has 2 heteroatoms. The van der Waals surface area contributed by atoms with Gasteiger partial charge in [0.25, 0.3) is 0 Å². The quantitative estimate of drug-likeness (QED) is 0.606. The van der Waals surface area contributed by atoms with Crippen LogP contribution in [0.25, 0.3) is 0 Å². The molecule has 2 aromatic rings. The molecule has 0 radical (unpaired) electrons. The molecule has 1 nitrogen and oxygen atoms in total. The molecule has 0 aliphatic rings. The molecule has 0 fully saturated rings. The summed E-state index contributed by atoms with van der Waals surface area (Å²) in [5.74, 6) is 0.0159. The van der Waals surface area contributed by atoms with Gasteiger partial charge < -0.3 is 0 Å². The van der Waals surface area contributed by atoms with E-state index in [0.29, 0.717) is 11.1 Å². The lowest BCUT2D eigenvalue weighted by Gasteiger charge is -2.19. The van der Waals surface area contributed by atoms with Gasteiger partial charge >= 0.3 is 0 Å². The van der Waals surface area contributed by atoms with E-state index in [-0.39, 0.29) is 11.2 Å². The average Bonchev–Trinajstić information content (AvgIpc) is 2.45. The smallest absolute Gasteiger partial charge is 0.193 e. The van der Waals surface area contributed by atoms with E-state index < -0.39 is 0 Å². The normalized spacial score (nSPS) is 11.2. The first-order valence-electron chi connectivity index (χ1n) is 6.63. The first-order chi connectivity index (χ1) is 9.43. The van der Waals surface area contributed by atoms with Crippen LogP contribution in [-0.2, 0) is 5.41 Å². The summed E-state index contributed by atoms with van der Waals surface area (Å²) in [7, 11) is 0. The molecule has 0 atom stereocenters. The largest absolute Gasteiger partial charge is 0.289 e. The van der Waals surface area contributed by atoms with Crippen LogP contribution >= 0.6 is 12.2 Å². The number of ketones is 1. The van der Waals surface area contributed by atoms with Crippen molar-refractivity contribution in [2.45, 2.75) is 26.2 Å². The summed E-state index contributed by atoms with van der Waals surface area (Å²) in [5.41, 5.74) is 3.46. The van der Waals surface area contributed by atoms with E-state index >= 15 is 0 Å². The maximum Gasteiger partial charge on any atom is 0.193 e. The highest BCUT2D eigenvalue weighted by atomic mass is 32.1.